The van der Waals surface area contributed by atoms with E-state index in [0.717, 1.165) is 0 Å². The summed E-state index contributed by atoms with van der Waals surface area (Å²) in [6.45, 7) is 4.77. The van der Waals surface area contributed by atoms with Crippen LogP contribution in [0.1, 0.15) is 13.8 Å². The van der Waals surface area contributed by atoms with Crippen molar-refractivity contribution in [3.8, 4) is 5.75 Å². The minimum absolute atomic E-state index is 0.0420. The van der Waals surface area contributed by atoms with Gasteiger partial charge in [0.1, 0.15) is 5.75 Å². The van der Waals surface area contributed by atoms with Gasteiger partial charge in [-0.05, 0) is 32.0 Å². The second-order valence-corrected chi connectivity index (χ2v) is 6.90. The van der Waals surface area contributed by atoms with Crippen LogP contribution in [0, 0.1) is 0 Å². The lowest BCUT2D eigenvalue weighted by atomic mass is 10.2. The zero-order valence-electron chi connectivity index (χ0n) is 13.4. The number of carbonyl (C=O) groups is 1. The SMILES string of the molecule is CCN1C(=O)COc2ccc(S(=O)(=O)Nc3ccn(CC)n3)cc21. The first-order valence-electron chi connectivity index (χ1n) is 7.58. The summed E-state index contributed by atoms with van der Waals surface area (Å²) in [6.07, 6.45) is 1.69. The Balaban J connectivity index is 1.94. The first kappa shape index (κ1) is 16.3. The van der Waals surface area contributed by atoms with E-state index in [-0.39, 0.29) is 23.2 Å². The number of likely N-dealkylation sites (N-methyl/N-ethyl adjacent to an activating group) is 1. The zero-order chi connectivity index (χ0) is 17.3. The highest BCUT2D eigenvalue weighted by atomic mass is 32.2. The van der Waals surface area contributed by atoms with E-state index in [4.69, 9.17) is 4.74 Å². The molecule has 0 radical (unpaired) electrons. The van der Waals surface area contributed by atoms with Gasteiger partial charge in [0.25, 0.3) is 15.9 Å². The third kappa shape index (κ3) is 2.94. The molecule has 128 valence electrons. The third-order valence-corrected chi connectivity index (χ3v) is 5.06. The molecule has 3 rings (SSSR count). The molecule has 1 aliphatic rings. The Bertz CT molecular complexity index is 875. The quantitative estimate of drug-likeness (QED) is 0.881. The van der Waals surface area contributed by atoms with Crippen molar-refractivity contribution in [1.29, 1.82) is 0 Å². The second-order valence-electron chi connectivity index (χ2n) is 5.22. The molecule has 8 nitrogen and oxygen atoms in total. The predicted molar refractivity (Wildman–Crippen MR) is 88.7 cm³/mol. The predicted octanol–water partition coefficient (Wildman–Crippen LogP) is 1.45. The van der Waals surface area contributed by atoms with E-state index in [0.29, 0.717) is 24.5 Å². The topological polar surface area (TPSA) is 93.5 Å². The molecule has 0 unspecified atom stereocenters. The van der Waals surface area contributed by atoms with Crippen LogP contribution < -0.4 is 14.4 Å². The van der Waals surface area contributed by atoms with Crippen LogP contribution >= 0.6 is 0 Å². The summed E-state index contributed by atoms with van der Waals surface area (Å²) < 4.78 is 34.5. The normalized spacial score (nSPS) is 14.2. The summed E-state index contributed by atoms with van der Waals surface area (Å²) in [5, 5.41) is 4.11. The molecule has 0 fully saturated rings. The Morgan fingerprint density at radius 1 is 1.25 bits per heavy atom. The summed E-state index contributed by atoms with van der Waals surface area (Å²) in [6, 6.07) is 6.03. The maximum Gasteiger partial charge on any atom is 0.265 e. The molecule has 0 spiro atoms. The molecule has 0 atom stereocenters. The molecule has 0 saturated heterocycles. The van der Waals surface area contributed by atoms with Gasteiger partial charge in [0.2, 0.25) is 0 Å². The first-order valence-corrected chi connectivity index (χ1v) is 9.06. The molecular weight excluding hydrogens is 332 g/mol. The van der Waals surface area contributed by atoms with Gasteiger partial charge in [-0.1, -0.05) is 0 Å². The van der Waals surface area contributed by atoms with E-state index in [2.05, 4.69) is 9.82 Å². The summed E-state index contributed by atoms with van der Waals surface area (Å²) in [4.78, 5) is 13.4. The number of hydrogen-bond donors (Lipinski definition) is 1. The lowest BCUT2D eigenvalue weighted by Crippen LogP contribution is -2.38. The van der Waals surface area contributed by atoms with E-state index in [9.17, 15) is 13.2 Å². The Hall–Kier alpha value is -2.55. The number of aryl methyl sites for hydroxylation is 1. The monoisotopic (exact) mass is 350 g/mol. The summed E-state index contributed by atoms with van der Waals surface area (Å²) in [5.74, 6) is 0.536. The molecule has 1 aliphatic heterocycles. The Morgan fingerprint density at radius 2 is 2.04 bits per heavy atom. The van der Waals surface area contributed by atoms with Crippen molar-refractivity contribution in [2.45, 2.75) is 25.3 Å². The number of carbonyl (C=O) groups excluding carboxylic acids is 1. The minimum Gasteiger partial charge on any atom is -0.482 e. The van der Waals surface area contributed by atoms with E-state index in [1.807, 2.05) is 13.8 Å². The van der Waals surface area contributed by atoms with Crippen LogP contribution in [0.15, 0.2) is 35.4 Å². The number of sulfonamides is 1. The lowest BCUT2D eigenvalue weighted by Gasteiger charge is -2.28. The number of nitrogens with one attached hydrogen (secondary N) is 1. The molecule has 0 saturated carbocycles. The average molecular weight is 350 g/mol. The van der Waals surface area contributed by atoms with Crippen molar-refractivity contribution in [2.75, 3.05) is 22.8 Å². The number of hydrogen-bond acceptors (Lipinski definition) is 5. The zero-order valence-corrected chi connectivity index (χ0v) is 14.2. The Kier molecular flexibility index (Phi) is 4.18. The van der Waals surface area contributed by atoms with Crippen molar-refractivity contribution in [2.24, 2.45) is 0 Å². The van der Waals surface area contributed by atoms with Crippen LogP contribution in [-0.4, -0.2) is 37.3 Å². The van der Waals surface area contributed by atoms with Crippen LogP contribution in [0.5, 0.6) is 5.75 Å². The number of anilines is 2. The first-order chi connectivity index (χ1) is 11.4. The van der Waals surface area contributed by atoms with Crippen molar-refractivity contribution in [1.82, 2.24) is 9.78 Å². The molecule has 2 aromatic rings. The van der Waals surface area contributed by atoms with Crippen molar-refractivity contribution in [3.05, 3.63) is 30.5 Å². The smallest absolute Gasteiger partial charge is 0.265 e. The van der Waals surface area contributed by atoms with Gasteiger partial charge in [0.05, 0.1) is 10.6 Å². The summed E-state index contributed by atoms with van der Waals surface area (Å²) >= 11 is 0. The van der Waals surface area contributed by atoms with E-state index in [1.54, 1.807) is 23.0 Å². The largest absolute Gasteiger partial charge is 0.482 e. The van der Waals surface area contributed by atoms with Crippen LogP contribution in [0.2, 0.25) is 0 Å². The van der Waals surface area contributed by atoms with Crippen molar-refractivity contribution < 1.29 is 17.9 Å². The number of aromatic nitrogens is 2. The van der Waals surface area contributed by atoms with Crippen LogP contribution in [0.3, 0.4) is 0 Å². The highest BCUT2D eigenvalue weighted by molar-refractivity contribution is 7.92. The third-order valence-electron chi connectivity index (χ3n) is 3.70. The molecule has 1 amide bonds. The van der Waals surface area contributed by atoms with E-state index >= 15 is 0 Å². The molecule has 9 heteroatoms. The van der Waals surface area contributed by atoms with Crippen LogP contribution in [-0.2, 0) is 21.4 Å². The molecular formula is C15H18N4O4S. The number of benzene rings is 1. The van der Waals surface area contributed by atoms with Gasteiger partial charge in [-0.2, -0.15) is 5.10 Å². The number of rotatable bonds is 5. The Morgan fingerprint density at radius 3 is 2.71 bits per heavy atom. The fourth-order valence-electron chi connectivity index (χ4n) is 2.48. The van der Waals surface area contributed by atoms with Gasteiger partial charge in [0.15, 0.2) is 12.4 Å². The fourth-order valence-corrected chi connectivity index (χ4v) is 3.50. The molecule has 1 aromatic heterocycles. The van der Waals surface area contributed by atoms with Gasteiger partial charge in [0, 0.05) is 25.4 Å². The summed E-state index contributed by atoms with van der Waals surface area (Å²) in [5.41, 5.74) is 0.454. The summed E-state index contributed by atoms with van der Waals surface area (Å²) in [7, 11) is -3.81. The minimum atomic E-state index is -3.81. The number of fused-ring (bicyclic) bond motifs is 1. The number of amides is 1. The molecule has 1 aromatic carbocycles. The average Bonchev–Trinajstić information content (AvgIpc) is 3.01. The number of ether oxygens (including phenoxy) is 1. The van der Waals surface area contributed by atoms with E-state index in [1.165, 1.54) is 17.0 Å². The second kappa shape index (κ2) is 6.16. The van der Waals surface area contributed by atoms with Gasteiger partial charge in [-0.3, -0.25) is 14.2 Å². The lowest BCUT2D eigenvalue weighted by molar-refractivity contribution is -0.121. The standard InChI is InChI=1S/C15H18N4O4S/c1-3-18-8-7-14(16-18)17-24(21,22)11-5-6-13-12(9-11)19(4-2)15(20)10-23-13/h5-9H,3-4,10H2,1-2H3,(H,16,17). The Labute approximate surface area is 140 Å². The van der Waals surface area contributed by atoms with Gasteiger partial charge in [-0.15, -0.1) is 0 Å². The number of nitrogens with zero attached hydrogens (tertiary/aromatic N) is 3. The van der Waals surface area contributed by atoms with Crippen LogP contribution in [0.25, 0.3) is 0 Å². The van der Waals surface area contributed by atoms with Gasteiger partial charge < -0.3 is 9.64 Å². The molecule has 0 bridgehead atoms. The van der Waals surface area contributed by atoms with E-state index < -0.39 is 10.0 Å². The van der Waals surface area contributed by atoms with Gasteiger partial charge in [-0.25, -0.2) is 8.42 Å². The molecule has 24 heavy (non-hydrogen) atoms. The molecule has 2 heterocycles. The highest BCUT2D eigenvalue weighted by Gasteiger charge is 2.26. The van der Waals surface area contributed by atoms with Crippen LogP contribution in [0.4, 0.5) is 11.5 Å². The maximum absolute atomic E-state index is 12.6. The maximum atomic E-state index is 12.6. The van der Waals surface area contributed by atoms with Crippen molar-refractivity contribution in [3.63, 3.8) is 0 Å². The van der Waals surface area contributed by atoms with Crippen molar-refractivity contribution >= 4 is 27.4 Å². The fraction of sp³-hybridized carbons (Fsp3) is 0.333. The van der Waals surface area contributed by atoms with Gasteiger partial charge >= 0.3 is 0 Å². The highest BCUT2D eigenvalue weighted by Crippen LogP contribution is 2.34. The molecule has 1 N–H and O–H groups in total. The molecule has 0 aliphatic carbocycles.